The second kappa shape index (κ2) is 7.07. The standard InChI is InChI=1S/C16H19F3N2O.H2S/c1-15(2,3)20-9-13(22)12-8-7-10-5-4-6-11(14(10)21-12)16(17,18)19;/h4-8,13,20,22H,9H2,1-3H3;1H2/t13-;/m0./s1. The first-order chi connectivity index (χ1) is 10.1. The topological polar surface area (TPSA) is 45.1 Å². The number of benzene rings is 1. The number of hydrogen-bond acceptors (Lipinski definition) is 3. The van der Waals surface area contributed by atoms with E-state index in [1.165, 1.54) is 6.07 Å². The van der Waals surface area contributed by atoms with Gasteiger partial charge in [-0.3, -0.25) is 0 Å². The molecule has 1 aromatic heterocycles. The summed E-state index contributed by atoms with van der Waals surface area (Å²) in [6.45, 7) is 6.04. The third-order valence-electron chi connectivity index (χ3n) is 3.21. The van der Waals surface area contributed by atoms with E-state index in [4.69, 9.17) is 0 Å². The molecule has 0 aliphatic heterocycles. The summed E-state index contributed by atoms with van der Waals surface area (Å²) in [7, 11) is 0. The number of hydrogen-bond donors (Lipinski definition) is 2. The molecule has 0 saturated carbocycles. The minimum absolute atomic E-state index is 0. The first-order valence-electron chi connectivity index (χ1n) is 6.98. The number of nitrogens with one attached hydrogen (secondary N) is 1. The SMILES string of the molecule is CC(C)(C)NC[C@H](O)c1ccc2cccc(C(F)(F)F)c2n1.S. The number of β-amino-alcohol motifs (C(OH)–C–C–N with tert-alkyl or cyclic N) is 1. The van der Waals surface area contributed by atoms with Gasteiger partial charge in [-0.25, -0.2) is 4.98 Å². The van der Waals surface area contributed by atoms with Crippen LogP contribution in [0.4, 0.5) is 13.2 Å². The minimum atomic E-state index is -4.47. The molecular weight excluding hydrogens is 325 g/mol. The molecule has 0 aliphatic rings. The molecule has 128 valence electrons. The molecule has 0 spiro atoms. The Kier molecular flexibility index (Phi) is 6.06. The van der Waals surface area contributed by atoms with Gasteiger partial charge in [0.05, 0.1) is 16.8 Å². The Balaban J connectivity index is 0.00000264. The van der Waals surface area contributed by atoms with E-state index in [-0.39, 0.29) is 36.8 Å². The molecule has 1 atom stereocenters. The van der Waals surface area contributed by atoms with Gasteiger partial charge in [0.25, 0.3) is 0 Å². The molecule has 0 fully saturated rings. The molecule has 0 aliphatic carbocycles. The number of aromatic nitrogens is 1. The predicted octanol–water partition coefficient (Wildman–Crippen LogP) is 3.79. The molecule has 0 radical (unpaired) electrons. The normalized spacial score (nSPS) is 13.7. The zero-order valence-corrected chi connectivity index (χ0v) is 14.2. The van der Waals surface area contributed by atoms with Gasteiger partial charge in [0.2, 0.25) is 0 Å². The molecular formula is C16H21F3N2OS. The van der Waals surface area contributed by atoms with E-state index < -0.39 is 17.8 Å². The van der Waals surface area contributed by atoms with Crippen molar-refractivity contribution in [3.8, 4) is 0 Å². The summed E-state index contributed by atoms with van der Waals surface area (Å²) in [5, 5.41) is 13.6. The Morgan fingerprint density at radius 2 is 1.78 bits per heavy atom. The molecule has 0 saturated heterocycles. The molecule has 0 unspecified atom stereocenters. The first-order valence-corrected chi connectivity index (χ1v) is 6.98. The number of alkyl halides is 3. The Labute approximate surface area is 140 Å². The van der Waals surface area contributed by atoms with Crippen molar-refractivity contribution >= 4 is 24.4 Å². The number of halogens is 3. The highest BCUT2D eigenvalue weighted by Gasteiger charge is 2.33. The number of para-hydroxylation sites is 1. The number of aliphatic hydroxyl groups excluding tert-OH is 1. The zero-order chi connectivity index (χ0) is 16.5. The Morgan fingerprint density at radius 1 is 1.13 bits per heavy atom. The van der Waals surface area contributed by atoms with E-state index in [2.05, 4.69) is 10.3 Å². The van der Waals surface area contributed by atoms with Gasteiger partial charge >= 0.3 is 6.18 Å². The van der Waals surface area contributed by atoms with E-state index in [1.54, 1.807) is 18.2 Å². The van der Waals surface area contributed by atoms with Crippen molar-refractivity contribution in [1.82, 2.24) is 10.3 Å². The second-order valence-electron chi connectivity index (χ2n) is 6.26. The van der Waals surface area contributed by atoms with Crippen LogP contribution in [0.25, 0.3) is 10.9 Å². The van der Waals surface area contributed by atoms with Crippen LogP contribution in [0.3, 0.4) is 0 Å². The molecule has 1 heterocycles. The maximum absolute atomic E-state index is 13.0. The summed E-state index contributed by atoms with van der Waals surface area (Å²) in [4.78, 5) is 4.03. The zero-order valence-electron chi connectivity index (χ0n) is 13.2. The molecule has 7 heteroatoms. The summed E-state index contributed by atoms with van der Waals surface area (Å²) in [5.41, 5.74) is -0.902. The number of nitrogens with zero attached hydrogens (tertiary/aromatic N) is 1. The lowest BCUT2D eigenvalue weighted by atomic mass is 10.1. The van der Waals surface area contributed by atoms with Crippen molar-refractivity contribution in [2.45, 2.75) is 38.6 Å². The fraction of sp³-hybridized carbons (Fsp3) is 0.438. The lowest BCUT2D eigenvalue weighted by molar-refractivity contribution is -0.136. The lowest BCUT2D eigenvalue weighted by Gasteiger charge is -2.23. The first kappa shape index (κ1) is 19.7. The van der Waals surface area contributed by atoms with Crippen molar-refractivity contribution in [3.05, 3.63) is 41.6 Å². The number of aliphatic hydroxyl groups is 1. The van der Waals surface area contributed by atoms with Crippen molar-refractivity contribution in [1.29, 1.82) is 0 Å². The average Bonchev–Trinajstić information content (AvgIpc) is 2.41. The molecule has 2 N–H and O–H groups in total. The Hall–Kier alpha value is -1.31. The summed E-state index contributed by atoms with van der Waals surface area (Å²) >= 11 is 0. The van der Waals surface area contributed by atoms with Crippen LogP contribution in [0, 0.1) is 0 Å². The van der Waals surface area contributed by atoms with Crippen LogP contribution in [0.1, 0.15) is 38.1 Å². The van der Waals surface area contributed by atoms with Crippen LogP contribution in [0.15, 0.2) is 30.3 Å². The van der Waals surface area contributed by atoms with E-state index >= 15 is 0 Å². The van der Waals surface area contributed by atoms with Gasteiger partial charge in [0.15, 0.2) is 0 Å². The molecule has 3 nitrogen and oxygen atoms in total. The number of fused-ring (bicyclic) bond motifs is 1. The van der Waals surface area contributed by atoms with Crippen LogP contribution in [0.5, 0.6) is 0 Å². The van der Waals surface area contributed by atoms with Gasteiger partial charge < -0.3 is 10.4 Å². The lowest BCUT2D eigenvalue weighted by Crippen LogP contribution is -2.38. The van der Waals surface area contributed by atoms with Crippen LogP contribution >= 0.6 is 13.5 Å². The van der Waals surface area contributed by atoms with Gasteiger partial charge in [0.1, 0.15) is 6.10 Å². The van der Waals surface area contributed by atoms with Gasteiger partial charge in [0, 0.05) is 17.5 Å². The van der Waals surface area contributed by atoms with Crippen LogP contribution < -0.4 is 5.32 Å². The van der Waals surface area contributed by atoms with E-state index in [1.807, 2.05) is 20.8 Å². The molecule has 1 aromatic carbocycles. The Bertz CT molecular complexity index is 668. The molecule has 23 heavy (non-hydrogen) atoms. The van der Waals surface area contributed by atoms with Crippen LogP contribution in [-0.2, 0) is 6.18 Å². The minimum Gasteiger partial charge on any atom is -0.385 e. The smallest absolute Gasteiger partial charge is 0.385 e. The van der Waals surface area contributed by atoms with Gasteiger partial charge in [-0.05, 0) is 32.9 Å². The number of rotatable bonds is 3. The third-order valence-corrected chi connectivity index (χ3v) is 3.21. The maximum Gasteiger partial charge on any atom is 0.418 e. The number of pyridine rings is 1. The van der Waals surface area contributed by atoms with Crippen molar-refractivity contribution in [2.24, 2.45) is 0 Å². The van der Waals surface area contributed by atoms with Gasteiger partial charge in [-0.15, -0.1) is 0 Å². The fourth-order valence-corrected chi connectivity index (χ4v) is 2.08. The fourth-order valence-electron chi connectivity index (χ4n) is 2.08. The van der Waals surface area contributed by atoms with Crippen LogP contribution in [-0.4, -0.2) is 22.2 Å². The highest BCUT2D eigenvalue weighted by Crippen LogP contribution is 2.34. The van der Waals surface area contributed by atoms with Crippen molar-refractivity contribution in [3.63, 3.8) is 0 Å². The van der Waals surface area contributed by atoms with E-state index in [0.717, 1.165) is 6.07 Å². The molecule has 0 amide bonds. The van der Waals surface area contributed by atoms with E-state index in [0.29, 0.717) is 5.39 Å². The average molecular weight is 346 g/mol. The maximum atomic E-state index is 13.0. The summed E-state index contributed by atoms with van der Waals surface area (Å²) in [5.74, 6) is 0. The largest absolute Gasteiger partial charge is 0.418 e. The summed E-state index contributed by atoms with van der Waals surface area (Å²) < 4.78 is 39.1. The van der Waals surface area contributed by atoms with E-state index in [9.17, 15) is 18.3 Å². The second-order valence-corrected chi connectivity index (χ2v) is 6.26. The monoisotopic (exact) mass is 346 g/mol. The van der Waals surface area contributed by atoms with Gasteiger partial charge in [-0.1, -0.05) is 18.2 Å². The van der Waals surface area contributed by atoms with Crippen LogP contribution in [0.2, 0.25) is 0 Å². The Morgan fingerprint density at radius 3 is 2.35 bits per heavy atom. The molecule has 0 bridgehead atoms. The van der Waals surface area contributed by atoms with Gasteiger partial charge in [-0.2, -0.15) is 26.7 Å². The molecule has 2 rings (SSSR count). The quantitative estimate of drug-likeness (QED) is 0.889. The molecule has 2 aromatic rings. The van der Waals surface area contributed by atoms with Crippen molar-refractivity contribution in [2.75, 3.05) is 6.54 Å². The highest BCUT2D eigenvalue weighted by atomic mass is 32.1. The third kappa shape index (κ3) is 5.09. The summed E-state index contributed by atoms with van der Waals surface area (Å²) in [6, 6.07) is 7.02. The highest BCUT2D eigenvalue weighted by molar-refractivity contribution is 7.59. The predicted molar refractivity (Wildman–Crippen MR) is 89.8 cm³/mol. The summed E-state index contributed by atoms with van der Waals surface area (Å²) in [6.07, 6.45) is -5.44. The van der Waals surface area contributed by atoms with Crippen molar-refractivity contribution < 1.29 is 18.3 Å².